The molecule has 1 aromatic carbocycles. The van der Waals surface area contributed by atoms with Crippen LogP contribution < -0.4 is 10.1 Å². The Kier molecular flexibility index (Phi) is 3.49. The third-order valence-electron chi connectivity index (χ3n) is 4.06. The Labute approximate surface area is 139 Å². The Balaban J connectivity index is 1.71. The molecule has 1 aliphatic rings. The van der Waals surface area contributed by atoms with Gasteiger partial charge in [0.15, 0.2) is 0 Å². The van der Waals surface area contributed by atoms with Crippen molar-refractivity contribution in [3.8, 4) is 28.3 Å². The van der Waals surface area contributed by atoms with Crippen molar-refractivity contribution in [3.05, 3.63) is 54.4 Å². The van der Waals surface area contributed by atoms with Gasteiger partial charge in [0.25, 0.3) is 5.91 Å². The Bertz CT molecular complexity index is 900. The van der Waals surface area contributed by atoms with Gasteiger partial charge in [0, 0.05) is 23.9 Å². The minimum atomic E-state index is -0.0792. The minimum absolute atomic E-state index is 0.0792. The first-order valence-corrected chi connectivity index (χ1v) is 7.71. The molecule has 0 bridgehead atoms. The highest BCUT2D eigenvalue weighted by molar-refractivity contribution is 5.94. The van der Waals surface area contributed by atoms with Crippen LogP contribution in [0.25, 0.3) is 22.5 Å². The van der Waals surface area contributed by atoms with Gasteiger partial charge >= 0.3 is 0 Å². The van der Waals surface area contributed by atoms with E-state index in [2.05, 4.69) is 15.4 Å². The van der Waals surface area contributed by atoms with Gasteiger partial charge in [0.1, 0.15) is 11.4 Å². The lowest BCUT2D eigenvalue weighted by molar-refractivity contribution is 0.0924. The largest absolute Gasteiger partial charge is 0.497 e. The summed E-state index contributed by atoms with van der Waals surface area (Å²) in [5, 5.41) is 7.37. The fourth-order valence-electron chi connectivity index (χ4n) is 2.79. The number of methoxy groups -OCH3 is 1. The smallest absolute Gasteiger partial charge is 0.269 e. The number of carbonyl (C=O) groups excluding carboxylic acids is 1. The zero-order valence-corrected chi connectivity index (χ0v) is 13.2. The van der Waals surface area contributed by atoms with Crippen molar-refractivity contribution >= 4 is 5.91 Å². The van der Waals surface area contributed by atoms with E-state index in [0.29, 0.717) is 18.8 Å². The van der Waals surface area contributed by atoms with Crippen LogP contribution in [0.3, 0.4) is 0 Å². The van der Waals surface area contributed by atoms with E-state index in [-0.39, 0.29) is 5.91 Å². The zero-order chi connectivity index (χ0) is 16.5. The van der Waals surface area contributed by atoms with Crippen molar-refractivity contribution in [1.29, 1.82) is 0 Å². The number of benzene rings is 1. The highest BCUT2D eigenvalue weighted by atomic mass is 16.5. The van der Waals surface area contributed by atoms with Crippen LogP contribution in [0.5, 0.6) is 5.75 Å². The highest BCUT2D eigenvalue weighted by Gasteiger charge is 2.19. The maximum atomic E-state index is 11.9. The predicted molar refractivity (Wildman–Crippen MR) is 89.8 cm³/mol. The first-order chi connectivity index (χ1) is 11.7. The standard InChI is InChI=1S/C18H16N4O2/c1-24-14-4-2-12(3-5-14)15-10-13(6-7-19-15)16-11-17-18(23)20-8-9-22(17)21-16/h2-7,10-11H,8-9H2,1H3,(H,20,23). The lowest BCUT2D eigenvalue weighted by atomic mass is 10.1. The normalized spacial score (nSPS) is 13.3. The van der Waals surface area contributed by atoms with Gasteiger partial charge < -0.3 is 10.1 Å². The second-order valence-corrected chi connectivity index (χ2v) is 5.55. The molecule has 3 aromatic rings. The summed E-state index contributed by atoms with van der Waals surface area (Å²) in [6.07, 6.45) is 1.76. The quantitative estimate of drug-likeness (QED) is 0.804. The van der Waals surface area contributed by atoms with Crippen molar-refractivity contribution < 1.29 is 9.53 Å². The van der Waals surface area contributed by atoms with Gasteiger partial charge in [-0.1, -0.05) is 0 Å². The van der Waals surface area contributed by atoms with Crippen LogP contribution in [0.15, 0.2) is 48.7 Å². The molecule has 0 saturated heterocycles. The summed E-state index contributed by atoms with van der Waals surface area (Å²) < 4.78 is 6.94. The van der Waals surface area contributed by atoms with E-state index < -0.39 is 0 Å². The molecule has 3 heterocycles. The number of rotatable bonds is 3. The summed E-state index contributed by atoms with van der Waals surface area (Å²) in [5.41, 5.74) is 4.16. The molecule has 0 saturated carbocycles. The Hall–Kier alpha value is -3.15. The third kappa shape index (κ3) is 2.52. The number of aromatic nitrogens is 3. The molecule has 0 radical (unpaired) electrons. The Morgan fingerprint density at radius 3 is 2.67 bits per heavy atom. The maximum absolute atomic E-state index is 11.9. The van der Waals surface area contributed by atoms with Crippen LogP contribution in [0.2, 0.25) is 0 Å². The molecule has 24 heavy (non-hydrogen) atoms. The Morgan fingerprint density at radius 1 is 1.08 bits per heavy atom. The van der Waals surface area contributed by atoms with Gasteiger partial charge in [-0.25, -0.2) is 0 Å². The average molecular weight is 320 g/mol. The SMILES string of the molecule is COc1ccc(-c2cc(-c3cc4n(n3)CCNC4=O)ccn2)cc1. The van der Waals surface area contributed by atoms with Gasteiger partial charge in [-0.2, -0.15) is 5.10 Å². The molecular formula is C18H16N4O2. The topological polar surface area (TPSA) is 69.0 Å². The summed E-state index contributed by atoms with van der Waals surface area (Å²) in [6.45, 7) is 1.30. The summed E-state index contributed by atoms with van der Waals surface area (Å²) in [6, 6.07) is 13.5. The number of hydrogen-bond donors (Lipinski definition) is 1. The van der Waals surface area contributed by atoms with Gasteiger partial charge in [0.05, 0.1) is 25.0 Å². The second-order valence-electron chi connectivity index (χ2n) is 5.55. The number of carbonyl (C=O) groups is 1. The second kappa shape index (κ2) is 5.81. The van der Waals surface area contributed by atoms with Crippen molar-refractivity contribution in [2.75, 3.05) is 13.7 Å². The molecule has 0 fully saturated rings. The van der Waals surface area contributed by atoms with Crippen LogP contribution in [0.4, 0.5) is 0 Å². The van der Waals surface area contributed by atoms with Gasteiger partial charge in [-0.15, -0.1) is 0 Å². The molecule has 6 nitrogen and oxygen atoms in total. The average Bonchev–Trinajstić information content (AvgIpc) is 3.08. The maximum Gasteiger partial charge on any atom is 0.269 e. The molecule has 2 aromatic heterocycles. The molecule has 0 unspecified atom stereocenters. The first kappa shape index (κ1) is 14.4. The number of amides is 1. The molecular weight excluding hydrogens is 304 g/mol. The van der Waals surface area contributed by atoms with E-state index in [1.807, 2.05) is 42.5 Å². The van der Waals surface area contributed by atoms with E-state index in [9.17, 15) is 4.79 Å². The molecule has 6 heteroatoms. The van der Waals surface area contributed by atoms with Gasteiger partial charge in [-0.05, 0) is 42.5 Å². The van der Waals surface area contributed by atoms with Gasteiger partial charge in [0.2, 0.25) is 0 Å². The van der Waals surface area contributed by atoms with Crippen molar-refractivity contribution in [2.45, 2.75) is 6.54 Å². The molecule has 120 valence electrons. The van der Waals surface area contributed by atoms with Crippen molar-refractivity contribution in [2.24, 2.45) is 0 Å². The highest BCUT2D eigenvalue weighted by Crippen LogP contribution is 2.26. The van der Waals surface area contributed by atoms with E-state index in [1.165, 1.54) is 0 Å². The van der Waals surface area contributed by atoms with Crippen LogP contribution in [-0.4, -0.2) is 34.3 Å². The summed E-state index contributed by atoms with van der Waals surface area (Å²) in [7, 11) is 1.64. The zero-order valence-electron chi connectivity index (χ0n) is 13.2. The molecule has 4 rings (SSSR count). The fraction of sp³-hybridized carbons (Fsp3) is 0.167. The molecule has 1 amide bonds. The van der Waals surface area contributed by atoms with Crippen molar-refractivity contribution in [1.82, 2.24) is 20.1 Å². The van der Waals surface area contributed by atoms with E-state index in [0.717, 1.165) is 28.3 Å². The van der Waals surface area contributed by atoms with Crippen molar-refractivity contribution in [3.63, 3.8) is 0 Å². The number of fused-ring (bicyclic) bond motifs is 1. The Morgan fingerprint density at radius 2 is 1.92 bits per heavy atom. The summed E-state index contributed by atoms with van der Waals surface area (Å²) >= 11 is 0. The lowest BCUT2D eigenvalue weighted by Crippen LogP contribution is -2.35. The number of nitrogens with one attached hydrogen (secondary N) is 1. The van der Waals surface area contributed by atoms with E-state index in [4.69, 9.17) is 4.74 Å². The monoisotopic (exact) mass is 320 g/mol. The molecule has 0 spiro atoms. The van der Waals surface area contributed by atoms with Gasteiger partial charge in [-0.3, -0.25) is 14.5 Å². The fourth-order valence-corrected chi connectivity index (χ4v) is 2.79. The third-order valence-corrected chi connectivity index (χ3v) is 4.06. The van der Waals surface area contributed by atoms with Crippen LogP contribution >= 0.6 is 0 Å². The van der Waals surface area contributed by atoms with E-state index >= 15 is 0 Å². The first-order valence-electron chi connectivity index (χ1n) is 7.71. The number of hydrogen-bond acceptors (Lipinski definition) is 4. The van der Waals surface area contributed by atoms with E-state index in [1.54, 1.807) is 18.0 Å². The summed E-state index contributed by atoms with van der Waals surface area (Å²) in [4.78, 5) is 16.3. The van der Waals surface area contributed by atoms with Crippen LogP contribution in [-0.2, 0) is 6.54 Å². The predicted octanol–water partition coefficient (Wildman–Crippen LogP) is 2.36. The number of pyridine rings is 1. The molecule has 1 N–H and O–H groups in total. The molecule has 1 aliphatic heterocycles. The minimum Gasteiger partial charge on any atom is -0.497 e. The number of nitrogens with zero attached hydrogens (tertiary/aromatic N) is 3. The molecule has 0 atom stereocenters. The lowest BCUT2D eigenvalue weighted by Gasteiger charge is -2.13. The summed E-state index contributed by atoms with van der Waals surface area (Å²) in [5.74, 6) is 0.729. The van der Waals surface area contributed by atoms with Crippen LogP contribution in [0, 0.1) is 0 Å². The number of ether oxygens (including phenoxy) is 1. The van der Waals surface area contributed by atoms with Crippen LogP contribution in [0.1, 0.15) is 10.5 Å². The molecule has 0 aliphatic carbocycles.